The Morgan fingerprint density at radius 2 is 1.93 bits per heavy atom. The number of methoxy groups -OCH3 is 1. The van der Waals surface area contributed by atoms with Crippen molar-refractivity contribution in [1.82, 2.24) is 14.9 Å². The topological polar surface area (TPSA) is 56.2 Å². The first-order valence-electron chi connectivity index (χ1n) is 9.58. The summed E-state index contributed by atoms with van der Waals surface area (Å²) in [6.07, 6.45) is 6.51. The predicted octanol–water partition coefficient (Wildman–Crippen LogP) is 4.34. The number of carbonyl (C=O) groups is 1. The van der Waals surface area contributed by atoms with Crippen molar-refractivity contribution < 1.29 is 9.53 Å². The van der Waals surface area contributed by atoms with Gasteiger partial charge < -0.3 is 10.1 Å². The normalized spacial score (nSPS) is 19.8. The Bertz CT molecular complexity index is 946. The molecule has 1 heterocycles. The van der Waals surface area contributed by atoms with Gasteiger partial charge in [0.1, 0.15) is 12.1 Å². The van der Waals surface area contributed by atoms with Crippen LogP contribution in [0, 0.1) is 5.92 Å². The maximum absolute atomic E-state index is 12.7. The van der Waals surface area contributed by atoms with Gasteiger partial charge in [-0.1, -0.05) is 19.8 Å². The Morgan fingerprint density at radius 3 is 2.67 bits per heavy atom. The summed E-state index contributed by atoms with van der Waals surface area (Å²) in [5.41, 5.74) is 3.46. The van der Waals surface area contributed by atoms with E-state index in [0.29, 0.717) is 11.5 Å². The highest BCUT2D eigenvalue weighted by Crippen LogP contribution is 2.25. The monoisotopic (exact) mass is 363 g/mol. The summed E-state index contributed by atoms with van der Waals surface area (Å²) in [6, 6.07) is 13.8. The molecule has 3 aromatic rings. The zero-order chi connectivity index (χ0) is 18.8. The average molecular weight is 363 g/mol. The number of ether oxygens (including phenoxy) is 1. The highest BCUT2D eigenvalue weighted by molar-refractivity contribution is 5.97. The molecule has 1 amide bonds. The Morgan fingerprint density at radius 1 is 1.15 bits per heavy atom. The molecular weight excluding hydrogens is 338 g/mol. The summed E-state index contributed by atoms with van der Waals surface area (Å²) in [5, 5.41) is 3.21. The lowest BCUT2D eigenvalue weighted by atomic mass is 9.86. The lowest BCUT2D eigenvalue weighted by Crippen LogP contribution is -2.41. The fraction of sp³-hybridized carbons (Fsp3) is 0.364. The molecule has 1 fully saturated rings. The number of aromatic nitrogens is 2. The number of fused-ring (bicyclic) bond motifs is 1. The number of nitrogens with one attached hydrogen (secondary N) is 1. The molecule has 2 aromatic carbocycles. The first kappa shape index (κ1) is 17.6. The predicted molar refractivity (Wildman–Crippen MR) is 107 cm³/mol. The van der Waals surface area contributed by atoms with Crippen molar-refractivity contribution in [2.45, 2.75) is 38.6 Å². The van der Waals surface area contributed by atoms with Gasteiger partial charge in [0.05, 0.1) is 18.1 Å². The van der Waals surface area contributed by atoms with E-state index in [9.17, 15) is 4.79 Å². The second-order valence-electron chi connectivity index (χ2n) is 7.36. The second-order valence-corrected chi connectivity index (χ2v) is 7.36. The molecule has 1 aliphatic carbocycles. The molecule has 0 spiro atoms. The Labute approximate surface area is 159 Å². The molecule has 0 aliphatic heterocycles. The smallest absolute Gasteiger partial charge is 0.251 e. The van der Waals surface area contributed by atoms with Gasteiger partial charge in [-0.2, -0.15) is 0 Å². The molecule has 5 heteroatoms. The average Bonchev–Trinajstić information content (AvgIpc) is 3.13. The molecular formula is C22H25N3O2. The summed E-state index contributed by atoms with van der Waals surface area (Å²) in [7, 11) is 1.66. The summed E-state index contributed by atoms with van der Waals surface area (Å²) in [4.78, 5) is 17.2. The van der Waals surface area contributed by atoms with Gasteiger partial charge in [-0.15, -0.1) is 0 Å². The van der Waals surface area contributed by atoms with Crippen molar-refractivity contribution in [3.63, 3.8) is 0 Å². The van der Waals surface area contributed by atoms with Crippen LogP contribution in [0.5, 0.6) is 5.75 Å². The van der Waals surface area contributed by atoms with E-state index in [2.05, 4.69) is 17.2 Å². The minimum absolute atomic E-state index is 0.00496. The number of imidazole rings is 1. The maximum atomic E-state index is 12.7. The van der Waals surface area contributed by atoms with Crippen molar-refractivity contribution in [2.75, 3.05) is 7.11 Å². The number of rotatable bonds is 4. The first-order chi connectivity index (χ1) is 13.2. The fourth-order valence-corrected chi connectivity index (χ4v) is 3.88. The van der Waals surface area contributed by atoms with Crippen molar-refractivity contribution in [3.8, 4) is 11.4 Å². The standard InChI is InChI=1S/C22H25N3O2/c1-15-5-3-4-6-19(15)24-22(26)16-7-12-21-20(13-16)23-14-25(21)17-8-10-18(27-2)11-9-17/h7-15,19H,3-6H2,1-2H3,(H,24,26)/t15-,19-/m1/s1. The van der Waals surface area contributed by atoms with Crippen LogP contribution in [0.3, 0.4) is 0 Å². The van der Waals surface area contributed by atoms with E-state index in [4.69, 9.17) is 4.74 Å². The van der Waals surface area contributed by atoms with Gasteiger partial charge in [0.15, 0.2) is 0 Å². The van der Waals surface area contributed by atoms with Crippen LogP contribution in [0.15, 0.2) is 48.8 Å². The molecule has 1 aromatic heterocycles. The third-order valence-electron chi connectivity index (χ3n) is 5.59. The molecule has 1 saturated carbocycles. The van der Waals surface area contributed by atoms with Crippen LogP contribution in [-0.4, -0.2) is 28.6 Å². The van der Waals surface area contributed by atoms with Gasteiger partial charge in [-0.3, -0.25) is 9.36 Å². The fourth-order valence-electron chi connectivity index (χ4n) is 3.88. The van der Waals surface area contributed by atoms with Gasteiger partial charge in [0, 0.05) is 17.3 Å². The van der Waals surface area contributed by atoms with E-state index in [0.717, 1.165) is 28.9 Å². The van der Waals surface area contributed by atoms with E-state index in [1.165, 1.54) is 19.3 Å². The van der Waals surface area contributed by atoms with Crippen LogP contribution in [-0.2, 0) is 0 Å². The van der Waals surface area contributed by atoms with Crippen LogP contribution >= 0.6 is 0 Å². The number of nitrogens with zero attached hydrogens (tertiary/aromatic N) is 2. The quantitative estimate of drug-likeness (QED) is 0.750. The van der Waals surface area contributed by atoms with Crippen LogP contribution in [0.1, 0.15) is 43.0 Å². The zero-order valence-electron chi connectivity index (χ0n) is 15.8. The Kier molecular flexibility index (Phi) is 4.84. The molecule has 4 rings (SSSR count). The highest BCUT2D eigenvalue weighted by atomic mass is 16.5. The largest absolute Gasteiger partial charge is 0.497 e. The molecule has 0 bridgehead atoms. The number of hydrogen-bond acceptors (Lipinski definition) is 3. The summed E-state index contributed by atoms with van der Waals surface area (Å²) in [5.74, 6) is 1.36. The SMILES string of the molecule is COc1ccc(-n2cnc3cc(C(=O)N[C@@H]4CCCC[C@H]4C)ccc32)cc1. The first-order valence-corrected chi connectivity index (χ1v) is 9.58. The lowest BCUT2D eigenvalue weighted by Gasteiger charge is -2.29. The maximum Gasteiger partial charge on any atom is 0.251 e. The van der Waals surface area contributed by atoms with Gasteiger partial charge in [0.2, 0.25) is 0 Å². The van der Waals surface area contributed by atoms with Crippen molar-refractivity contribution in [3.05, 3.63) is 54.4 Å². The summed E-state index contributed by atoms with van der Waals surface area (Å²) in [6.45, 7) is 2.23. The van der Waals surface area contributed by atoms with E-state index < -0.39 is 0 Å². The number of benzene rings is 2. The van der Waals surface area contributed by atoms with Crippen LogP contribution in [0.2, 0.25) is 0 Å². The highest BCUT2D eigenvalue weighted by Gasteiger charge is 2.23. The molecule has 0 saturated heterocycles. The second kappa shape index (κ2) is 7.43. The molecule has 0 radical (unpaired) electrons. The number of carbonyl (C=O) groups excluding carboxylic acids is 1. The molecule has 27 heavy (non-hydrogen) atoms. The van der Waals surface area contributed by atoms with E-state index >= 15 is 0 Å². The van der Waals surface area contributed by atoms with Crippen molar-refractivity contribution in [2.24, 2.45) is 5.92 Å². The molecule has 5 nitrogen and oxygen atoms in total. The van der Waals surface area contributed by atoms with E-state index in [-0.39, 0.29) is 11.9 Å². The van der Waals surface area contributed by atoms with Gasteiger partial charge in [0.25, 0.3) is 5.91 Å². The van der Waals surface area contributed by atoms with Crippen molar-refractivity contribution in [1.29, 1.82) is 0 Å². The summed E-state index contributed by atoms with van der Waals surface area (Å²) < 4.78 is 7.23. The molecule has 140 valence electrons. The molecule has 1 aliphatic rings. The van der Waals surface area contributed by atoms with Crippen molar-refractivity contribution >= 4 is 16.9 Å². The third kappa shape index (κ3) is 3.54. The Balaban J connectivity index is 1.57. The van der Waals surface area contributed by atoms with Gasteiger partial charge in [-0.25, -0.2) is 4.98 Å². The summed E-state index contributed by atoms with van der Waals surface area (Å²) >= 11 is 0. The zero-order valence-corrected chi connectivity index (χ0v) is 15.8. The Hall–Kier alpha value is -2.82. The minimum atomic E-state index is -0.00496. The minimum Gasteiger partial charge on any atom is -0.497 e. The van der Waals surface area contributed by atoms with Crippen LogP contribution < -0.4 is 10.1 Å². The van der Waals surface area contributed by atoms with Crippen LogP contribution in [0.25, 0.3) is 16.7 Å². The van der Waals surface area contributed by atoms with Crippen LogP contribution in [0.4, 0.5) is 0 Å². The lowest BCUT2D eigenvalue weighted by molar-refractivity contribution is 0.0910. The molecule has 0 unspecified atom stereocenters. The van der Waals surface area contributed by atoms with Gasteiger partial charge in [-0.05, 0) is 61.2 Å². The van der Waals surface area contributed by atoms with E-state index in [1.54, 1.807) is 13.4 Å². The molecule has 1 N–H and O–H groups in total. The van der Waals surface area contributed by atoms with Gasteiger partial charge >= 0.3 is 0 Å². The molecule has 2 atom stereocenters. The number of hydrogen-bond donors (Lipinski definition) is 1. The van der Waals surface area contributed by atoms with E-state index in [1.807, 2.05) is 47.0 Å². The number of amides is 1. The third-order valence-corrected chi connectivity index (χ3v) is 5.59.